The van der Waals surface area contributed by atoms with Crippen molar-refractivity contribution in [2.24, 2.45) is 0 Å². The molecule has 1 aliphatic carbocycles. The summed E-state index contributed by atoms with van der Waals surface area (Å²) >= 11 is 6.23. The summed E-state index contributed by atoms with van der Waals surface area (Å²) < 4.78 is 26.5. The van der Waals surface area contributed by atoms with E-state index in [1.165, 1.54) is 10.7 Å². The first kappa shape index (κ1) is 30.0. The first-order chi connectivity index (χ1) is 18.1. The zero-order valence-electron chi connectivity index (χ0n) is 22.7. The third-order valence-corrected chi connectivity index (χ3v) is 8.85. The number of hydrogen-bond acceptors (Lipinski definition) is 4. The number of anilines is 1. The molecule has 7 nitrogen and oxygen atoms in total. The molecule has 9 heteroatoms. The summed E-state index contributed by atoms with van der Waals surface area (Å²) in [6, 6.07) is 14.6. The summed E-state index contributed by atoms with van der Waals surface area (Å²) in [5, 5.41) is 3.63. The van der Waals surface area contributed by atoms with Gasteiger partial charge in [-0.15, -0.1) is 0 Å². The maximum Gasteiger partial charge on any atom is 0.242 e. The van der Waals surface area contributed by atoms with Gasteiger partial charge < -0.3 is 10.2 Å². The predicted octanol–water partition coefficient (Wildman–Crippen LogP) is 5.10. The smallest absolute Gasteiger partial charge is 0.242 e. The zero-order chi connectivity index (χ0) is 27.7. The van der Waals surface area contributed by atoms with Gasteiger partial charge >= 0.3 is 0 Å². The van der Waals surface area contributed by atoms with Crippen molar-refractivity contribution in [3.63, 3.8) is 0 Å². The fraction of sp³-hybridized carbons (Fsp3) is 0.517. The van der Waals surface area contributed by atoms with E-state index in [9.17, 15) is 18.0 Å². The molecular formula is C29H40ClN3O4S. The molecule has 38 heavy (non-hydrogen) atoms. The Labute approximate surface area is 232 Å². The minimum absolute atomic E-state index is 0.126. The fourth-order valence-electron chi connectivity index (χ4n) is 4.99. The van der Waals surface area contributed by atoms with Gasteiger partial charge in [-0.1, -0.05) is 67.3 Å². The minimum atomic E-state index is -3.58. The van der Waals surface area contributed by atoms with Crippen LogP contribution in [0, 0.1) is 6.92 Å². The first-order valence-electron chi connectivity index (χ1n) is 13.4. The summed E-state index contributed by atoms with van der Waals surface area (Å²) in [4.78, 5) is 28.2. The highest BCUT2D eigenvalue weighted by Crippen LogP contribution is 2.28. The van der Waals surface area contributed by atoms with Crippen molar-refractivity contribution in [3.8, 4) is 0 Å². The normalized spacial score (nSPS) is 15.1. The molecule has 0 saturated heterocycles. The topological polar surface area (TPSA) is 86.8 Å². The monoisotopic (exact) mass is 561 g/mol. The van der Waals surface area contributed by atoms with Crippen LogP contribution in [0.1, 0.15) is 63.0 Å². The molecule has 0 heterocycles. The van der Waals surface area contributed by atoms with Gasteiger partial charge in [0, 0.05) is 30.6 Å². The second kappa shape index (κ2) is 14.0. The van der Waals surface area contributed by atoms with Crippen LogP contribution < -0.4 is 9.62 Å². The molecule has 0 spiro atoms. The second-order valence-electron chi connectivity index (χ2n) is 10.2. The Bertz CT molecular complexity index is 1180. The number of carbonyl (C=O) groups excluding carboxylic acids is 2. The van der Waals surface area contributed by atoms with Gasteiger partial charge in [-0.2, -0.15) is 0 Å². The molecular weight excluding hydrogens is 522 g/mol. The van der Waals surface area contributed by atoms with E-state index in [0.29, 0.717) is 35.7 Å². The molecule has 0 unspecified atom stereocenters. The SMILES string of the molecule is Cc1c(Cl)cccc1N(CCCC(=O)N(CCc1ccccc1)[C@H](C)C(=O)NC1CCCCC1)S(C)(=O)=O. The van der Waals surface area contributed by atoms with E-state index < -0.39 is 16.1 Å². The molecule has 1 atom stereocenters. The lowest BCUT2D eigenvalue weighted by Crippen LogP contribution is -2.51. The highest BCUT2D eigenvalue weighted by molar-refractivity contribution is 7.92. The predicted molar refractivity (Wildman–Crippen MR) is 154 cm³/mol. The Balaban J connectivity index is 1.69. The van der Waals surface area contributed by atoms with Gasteiger partial charge in [0.15, 0.2) is 0 Å². The van der Waals surface area contributed by atoms with Crippen LogP contribution in [0.5, 0.6) is 0 Å². The maximum atomic E-state index is 13.4. The summed E-state index contributed by atoms with van der Waals surface area (Å²) in [7, 11) is -3.58. The van der Waals surface area contributed by atoms with Crippen molar-refractivity contribution in [2.45, 2.75) is 77.3 Å². The number of hydrogen-bond donors (Lipinski definition) is 1. The number of benzene rings is 2. The van der Waals surface area contributed by atoms with Crippen molar-refractivity contribution in [1.29, 1.82) is 0 Å². The van der Waals surface area contributed by atoms with Gasteiger partial charge in [0.1, 0.15) is 6.04 Å². The van der Waals surface area contributed by atoms with Crippen molar-refractivity contribution >= 4 is 39.1 Å². The van der Waals surface area contributed by atoms with Crippen molar-refractivity contribution in [2.75, 3.05) is 23.7 Å². The molecule has 2 aromatic rings. The molecule has 0 bridgehead atoms. The average molecular weight is 562 g/mol. The van der Waals surface area contributed by atoms with Crippen LogP contribution in [0.2, 0.25) is 5.02 Å². The lowest BCUT2D eigenvalue weighted by atomic mass is 9.95. The lowest BCUT2D eigenvalue weighted by molar-refractivity contribution is -0.140. The van der Waals surface area contributed by atoms with Crippen molar-refractivity contribution in [3.05, 3.63) is 64.7 Å². The highest BCUT2D eigenvalue weighted by atomic mass is 35.5. The average Bonchev–Trinajstić information content (AvgIpc) is 2.89. The number of amides is 2. The third kappa shape index (κ3) is 8.46. The van der Waals surface area contributed by atoms with Crippen LogP contribution in [-0.2, 0) is 26.0 Å². The van der Waals surface area contributed by atoms with E-state index in [1.807, 2.05) is 30.3 Å². The summed E-state index contributed by atoms with van der Waals surface area (Å²) in [5.74, 6) is -0.297. The van der Waals surface area contributed by atoms with E-state index in [4.69, 9.17) is 11.6 Å². The molecule has 0 radical (unpaired) electrons. The van der Waals surface area contributed by atoms with Gasteiger partial charge in [0.25, 0.3) is 0 Å². The molecule has 3 rings (SSSR count). The van der Waals surface area contributed by atoms with Crippen LogP contribution >= 0.6 is 11.6 Å². The van der Waals surface area contributed by atoms with Crippen molar-refractivity contribution < 1.29 is 18.0 Å². The summed E-state index contributed by atoms with van der Waals surface area (Å²) in [6.45, 7) is 4.10. The number of carbonyl (C=O) groups is 2. The Kier molecular flexibility index (Phi) is 11.0. The standard InChI is InChI=1S/C29H40ClN3O4S/c1-22-26(30)16-10-17-27(22)33(38(3,36)37)20-11-18-28(34)32(21-19-24-12-6-4-7-13-24)23(2)29(35)31-25-14-8-5-9-15-25/h4,6-7,10,12-13,16-17,23,25H,5,8-9,11,14-15,18-21H2,1-3H3,(H,31,35)/t23-/m1/s1. The molecule has 0 aliphatic heterocycles. The van der Waals surface area contributed by atoms with E-state index in [2.05, 4.69) is 5.32 Å². The molecule has 0 aromatic heterocycles. The quantitative estimate of drug-likeness (QED) is 0.390. The molecule has 1 N–H and O–H groups in total. The van der Waals surface area contributed by atoms with Gasteiger partial charge in [-0.25, -0.2) is 8.42 Å². The minimum Gasteiger partial charge on any atom is -0.352 e. The van der Waals surface area contributed by atoms with Crippen LogP contribution in [0.25, 0.3) is 0 Å². The van der Waals surface area contributed by atoms with Gasteiger partial charge in [-0.05, 0) is 62.8 Å². The molecule has 1 aliphatic rings. The van der Waals surface area contributed by atoms with Crippen LogP contribution in [0.3, 0.4) is 0 Å². The van der Waals surface area contributed by atoms with Crippen molar-refractivity contribution in [1.82, 2.24) is 10.2 Å². The Morgan fingerprint density at radius 3 is 2.37 bits per heavy atom. The molecule has 208 valence electrons. The lowest BCUT2D eigenvalue weighted by Gasteiger charge is -2.31. The van der Waals surface area contributed by atoms with E-state index >= 15 is 0 Å². The number of nitrogens with zero attached hydrogens (tertiary/aromatic N) is 2. The third-order valence-electron chi connectivity index (χ3n) is 7.26. The van der Waals surface area contributed by atoms with E-state index in [0.717, 1.165) is 37.5 Å². The van der Waals surface area contributed by atoms with Gasteiger partial charge in [0.2, 0.25) is 21.8 Å². The number of halogens is 1. The summed E-state index contributed by atoms with van der Waals surface area (Å²) in [5.41, 5.74) is 2.27. The fourth-order valence-corrected chi connectivity index (χ4v) is 6.17. The molecule has 1 saturated carbocycles. The Morgan fingerprint density at radius 2 is 1.71 bits per heavy atom. The largest absolute Gasteiger partial charge is 0.352 e. The Morgan fingerprint density at radius 1 is 1.03 bits per heavy atom. The maximum absolute atomic E-state index is 13.4. The van der Waals surface area contributed by atoms with E-state index in [-0.39, 0.29) is 30.8 Å². The van der Waals surface area contributed by atoms with Crippen LogP contribution in [0.15, 0.2) is 48.5 Å². The van der Waals surface area contributed by atoms with Gasteiger partial charge in [0.05, 0.1) is 11.9 Å². The second-order valence-corrected chi connectivity index (χ2v) is 12.5. The van der Waals surface area contributed by atoms with Crippen LogP contribution in [0.4, 0.5) is 5.69 Å². The zero-order valence-corrected chi connectivity index (χ0v) is 24.2. The van der Waals surface area contributed by atoms with Gasteiger partial charge in [-0.3, -0.25) is 13.9 Å². The number of nitrogens with one attached hydrogen (secondary N) is 1. The summed E-state index contributed by atoms with van der Waals surface area (Å²) in [6.07, 6.45) is 7.59. The van der Waals surface area contributed by atoms with E-state index in [1.54, 1.807) is 36.9 Å². The number of sulfonamides is 1. The van der Waals surface area contributed by atoms with Crippen LogP contribution in [-0.4, -0.2) is 56.6 Å². The molecule has 2 amide bonds. The first-order valence-corrected chi connectivity index (χ1v) is 15.7. The Hall–Kier alpha value is -2.58. The number of rotatable bonds is 12. The molecule has 1 fully saturated rings. The highest BCUT2D eigenvalue weighted by Gasteiger charge is 2.28. The molecule has 2 aromatic carbocycles.